The Morgan fingerprint density at radius 2 is 2.04 bits per heavy atom. The highest BCUT2D eigenvalue weighted by atomic mass is 19.1. The quantitative estimate of drug-likeness (QED) is 0.844. The number of aromatic carboxylic acids is 1. The molecule has 1 aromatic carbocycles. The highest BCUT2D eigenvalue weighted by Gasteiger charge is 2.31. The van der Waals surface area contributed by atoms with E-state index in [4.69, 9.17) is 0 Å². The van der Waals surface area contributed by atoms with Gasteiger partial charge in [0.25, 0.3) is 0 Å². The Morgan fingerprint density at radius 1 is 1.32 bits per heavy atom. The van der Waals surface area contributed by atoms with Crippen LogP contribution in [-0.2, 0) is 0 Å². The zero-order chi connectivity index (χ0) is 20.2. The first kappa shape index (κ1) is 18.9. The van der Waals surface area contributed by atoms with Gasteiger partial charge in [0.1, 0.15) is 11.4 Å². The van der Waals surface area contributed by atoms with Crippen LogP contribution >= 0.6 is 0 Å². The molecule has 1 aliphatic carbocycles. The number of anilines is 1. The lowest BCUT2D eigenvalue weighted by Gasteiger charge is -2.39. The molecule has 2 unspecified atom stereocenters. The van der Waals surface area contributed by atoms with Crippen LogP contribution in [-0.4, -0.2) is 41.8 Å². The molecule has 1 aliphatic heterocycles. The Balaban J connectivity index is 1.91. The molecule has 2 fully saturated rings. The average molecular weight is 387 g/mol. The summed E-state index contributed by atoms with van der Waals surface area (Å²) in [5, 5.41) is 12.9. The first-order chi connectivity index (χ1) is 13.3. The molecule has 0 amide bonds. The van der Waals surface area contributed by atoms with Gasteiger partial charge in [0.2, 0.25) is 5.43 Å². The van der Waals surface area contributed by atoms with Crippen molar-refractivity contribution in [3.8, 4) is 0 Å². The Hall–Kier alpha value is -2.41. The van der Waals surface area contributed by atoms with Crippen LogP contribution < -0.4 is 15.6 Å². The van der Waals surface area contributed by atoms with Crippen molar-refractivity contribution in [2.75, 3.05) is 25.0 Å². The Kier molecular flexibility index (Phi) is 4.65. The number of nitrogens with zero attached hydrogens (tertiary/aromatic N) is 2. The monoisotopic (exact) mass is 387 g/mol. The smallest absolute Gasteiger partial charge is 0.341 e. The topological polar surface area (TPSA) is 74.6 Å². The van der Waals surface area contributed by atoms with E-state index < -0.39 is 17.2 Å². The molecule has 7 heteroatoms. The molecule has 2 atom stereocenters. The second kappa shape index (κ2) is 6.88. The van der Waals surface area contributed by atoms with Gasteiger partial charge in [0, 0.05) is 36.8 Å². The number of fused-ring (bicyclic) bond motifs is 1. The number of carboxylic acid groups (broad SMARTS) is 1. The van der Waals surface area contributed by atoms with Crippen molar-refractivity contribution in [3.63, 3.8) is 0 Å². The number of aryl methyl sites for hydroxylation is 1. The number of hydrogen-bond acceptors (Lipinski definition) is 4. The van der Waals surface area contributed by atoms with E-state index in [1.54, 1.807) is 0 Å². The van der Waals surface area contributed by atoms with Gasteiger partial charge in [-0.2, -0.15) is 0 Å². The third-order valence-corrected chi connectivity index (χ3v) is 6.24. The number of aromatic nitrogens is 1. The summed E-state index contributed by atoms with van der Waals surface area (Å²) in [6.07, 6.45) is 4.23. The van der Waals surface area contributed by atoms with E-state index in [9.17, 15) is 14.7 Å². The summed E-state index contributed by atoms with van der Waals surface area (Å²) < 4.78 is 17.1. The highest BCUT2D eigenvalue weighted by molar-refractivity contribution is 5.95. The molecule has 2 heterocycles. The summed E-state index contributed by atoms with van der Waals surface area (Å²) in [4.78, 5) is 26.3. The Morgan fingerprint density at radius 3 is 2.61 bits per heavy atom. The molecular formula is C21H26FN3O3. The molecule has 1 aromatic heterocycles. The minimum absolute atomic E-state index is 0.156. The van der Waals surface area contributed by atoms with E-state index in [0.29, 0.717) is 28.7 Å². The first-order valence-electron chi connectivity index (χ1n) is 9.87. The van der Waals surface area contributed by atoms with Gasteiger partial charge in [-0.3, -0.25) is 4.79 Å². The zero-order valence-electron chi connectivity index (χ0n) is 16.5. The maximum absolute atomic E-state index is 15.2. The molecule has 0 radical (unpaired) electrons. The van der Waals surface area contributed by atoms with Crippen molar-refractivity contribution in [2.24, 2.45) is 5.92 Å². The number of pyridine rings is 1. The van der Waals surface area contributed by atoms with Crippen molar-refractivity contribution in [1.82, 2.24) is 9.88 Å². The normalized spacial score (nSPS) is 22.6. The molecule has 1 saturated heterocycles. The maximum Gasteiger partial charge on any atom is 0.341 e. The number of nitrogens with one attached hydrogen (secondary N) is 1. The molecule has 4 rings (SSSR count). The van der Waals surface area contributed by atoms with E-state index in [2.05, 4.69) is 17.1 Å². The predicted octanol–water partition coefficient (Wildman–Crippen LogP) is 2.92. The third kappa shape index (κ3) is 2.98. The van der Waals surface area contributed by atoms with Crippen molar-refractivity contribution < 1.29 is 14.3 Å². The van der Waals surface area contributed by atoms with E-state index in [-0.39, 0.29) is 17.0 Å². The number of benzene rings is 1. The lowest BCUT2D eigenvalue weighted by molar-refractivity contribution is 0.0695. The fourth-order valence-corrected chi connectivity index (χ4v) is 4.63. The molecular weight excluding hydrogens is 361 g/mol. The highest BCUT2D eigenvalue weighted by Crippen LogP contribution is 2.40. The minimum atomic E-state index is -1.27. The van der Waals surface area contributed by atoms with Gasteiger partial charge in [-0.15, -0.1) is 0 Å². The van der Waals surface area contributed by atoms with Crippen LogP contribution in [0.1, 0.15) is 48.1 Å². The summed E-state index contributed by atoms with van der Waals surface area (Å²) in [6.45, 7) is 5.46. The molecule has 0 spiro atoms. The first-order valence-corrected chi connectivity index (χ1v) is 9.87. The summed E-state index contributed by atoms with van der Waals surface area (Å²) >= 11 is 0. The SMILES string of the molecule is CNC1CCN(c2c(F)cc3c(=O)c(C(=O)O)cn(C4CC4)c3c2C)CC1C. The van der Waals surface area contributed by atoms with E-state index in [1.165, 1.54) is 12.3 Å². The van der Waals surface area contributed by atoms with Crippen LogP contribution in [0, 0.1) is 18.7 Å². The molecule has 2 aromatic rings. The zero-order valence-corrected chi connectivity index (χ0v) is 16.5. The maximum atomic E-state index is 15.2. The molecule has 150 valence electrons. The summed E-state index contributed by atoms with van der Waals surface area (Å²) in [7, 11) is 1.95. The molecule has 0 bridgehead atoms. The second-order valence-corrected chi connectivity index (χ2v) is 8.15. The van der Waals surface area contributed by atoms with Gasteiger partial charge >= 0.3 is 5.97 Å². The molecule has 2 N–H and O–H groups in total. The number of rotatable bonds is 4. The number of piperidine rings is 1. The van der Waals surface area contributed by atoms with Crippen LogP contribution in [0.3, 0.4) is 0 Å². The van der Waals surface area contributed by atoms with Crippen molar-refractivity contribution in [1.29, 1.82) is 0 Å². The number of carbonyl (C=O) groups is 1. The number of hydrogen-bond donors (Lipinski definition) is 2. The van der Waals surface area contributed by atoms with Gasteiger partial charge in [0.05, 0.1) is 11.2 Å². The van der Waals surface area contributed by atoms with Gasteiger partial charge in [-0.1, -0.05) is 6.92 Å². The summed E-state index contributed by atoms with van der Waals surface area (Å²) in [6, 6.07) is 1.81. The van der Waals surface area contributed by atoms with Crippen LogP contribution in [0.25, 0.3) is 10.9 Å². The molecule has 1 saturated carbocycles. The largest absolute Gasteiger partial charge is 0.477 e. The summed E-state index contributed by atoms with van der Waals surface area (Å²) in [5.41, 5.74) is 0.999. The van der Waals surface area contributed by atoms with E-state index >= 15 is 4.39 Å². The van der Waals surface area contributed by atoms with E-state index in [0.717, 1.165) is 32.4 Å². The molecule has 6 nitrogen and oxygen atoms in total. The second-order valence-electron chi connectivity index (χ2n) is 8.15. The Bertz CT molecular complexity index is 1010. The average Bonchev–Trinajstić information content (AvgIpc) is 3.47. The van der Waals surface area contributed by atoms with Crippen LogP contribution in [0.4, 0.5) is 10.1 Å². The van der Waals surface area contributed by atoms with Crippen LogP contribution in [0.2, 0.25) is 0 Å². The lowest BCUT2D eigenvalue weighted by Crippen LogP contribution is -2.47. The predicted molar refractivity (Wildman–Crippen MR) is 107 cm³/mol. The Labute approximate surface area is 163 Å². The fraction of sp³-hybridized carbons (Fsp3) is 0.524. The van der Waals surface area contributed by atoms with Gasteiger partial charge in [0.15, 0.2) is 0 Å². The number of halogens is 1. The number of carboxylic acids is 1. The lowest BCUT2D eigenvalue weighted by atomic mass is 9.92. The summed E-state index contributed by atoms with van der Waals surface area (Å²) in [5.74, 6) is -1.36. The van der Waals surface area contributed by atoms with Gasteiger partial charge in [-0.25, -0.2) is 9.18 Å². The molecule has 2 aliphatic rings. The van der Waals surface area contributed by atoms with Crippen molar-refractivity contribution in [2.45, 2.75) is 45.2 Å². The van der Waals surface area contributed by atoms with Crippen molar-refractivity contribution in [3.05, 3.63) is 39.4 Å². The van der Waals surface area contributed by atoms with Crippen molar-refractivity contribution >= 4 is 22.6 Å². The van der Waals surface area contributed by atoms with Crippen LogP contribution in [0.5, 0.6) is 0 Å². The molecule has 28 heavy (non-hydrogen) atoms. The van der Waals surface area contributed by atoms with Crippen LogP contribution in [0.15, 0.2) is 17.1 Å². The standard InChI is InChI=1S/C21H26FN3O3/c1-11-9-24(7-6-17(11)23-3)19-12(2)18-14(8-16(19)22)20(26)15(21(27)28)10-25(18)13-4-5-13/h8,10-11,13,17,23H,4-7,9H2,1-3H3,(H,27,28). The third-order valence-electron chi connectivity index (χ3n) is 6.24. The minimum Gasteiger partial charge on any atom is -0.477 e. The fourth-order valence-electron chi connectivity index (χ4n) is 4.63. The van der Waals surface area contributed by atoms with Gasteiger partial charge in [-0.05, 0) is 50.8 Å². The van der Waals surface area contributed by atoms with Gasteiger partial charge < -0.3 is 19.9 Å². The van der Waals surface area contributed by atoms with E-state index in [1.807, 2.05) is 18.5 Å².